The highest BCUT2D eigenvalue weighted by molar-refractivity contribution is 6.02. The van der Waals surface area contributed by atoms with Gasteiger partial charge in [-0.15, -0.1) is 0 Å². The molecule has 7 heteroatoms. The molecule has 2 aliphatic heterocycles. The van der Waals surface area contributed by atoms with Crippen LogP contribution < -0.4 is 19.9 Å². The number of rotatable bonds is 10. The van der Waals surface area contributed by atoms with E-state index in [0.29, 0.717) is 11.3 Å². The molecular formula is C30H42N4O3. The summed E-state index contributed by atoms with van der Waals surface area (Å²) in [4.78, 5) is 33.2. The van der Waals surface area contributed by atoms with Gasteiger partial charge in [-0.2, -0.15) is 0 Å². The van der Waals surface area contributed by atoms with Gasteiger partial charge in [0, 0.05) is 56.6 Å². The Morgan fingerprint density at radius 1 is 0.919 bits per heavy atom. The van der Waals surface area contributed by atoms with Gasteiger partial charge < -0.3 is 24.8 Å². The molecule has 1 atom stereocenters. The number of piperazine rings is 1. The standard InChI is InChI=1S/C30H42N4O3/c1-4-6-11-23(5-2)29(35)31-24-14-15-26(25(22-24)30(36)34-16-9-10-17-34)32-18-20-33(21-19-32)27-12-7-8-13-28(27)37-3/h7-8,12-15,22-23H,4-6,9-11,16-21H2,1-3H3,(H,31,35). The van der Waals surface area contributed by atoms with E-state index in [4.69, 9.17) is 4.74 Å². The number of para-hydroxylation sites is 2. The van der Waals surface area contributed by atoms with Crippen LogP contribution in [-0.2, 0) is 4.79 Å². The van der Waals surface area contributed by atoms with E-state index in [9.17, 15) is 9.59 Å². The van der Waals surface area contributed by atoms with E-state index in [1.165, 1.54) is 0 Å². The molecule has 0 aliphatic carbocycles. The van der Waals surface area contributed by atoms with Gasteiger partial charge in [0.1, 0.15) is 5.75 Å². The zero-order chi connectivity index (χ0) is 26.2. The summed E-state index contributed by atoms with van der Waals surface area (Å²) in [6, 6.07) is 14.0. The van der Waals surface area contributed by atoms with E-state index in [2.05, 4.69) is 35.0 Å². The van der Waals surface area contributed by atoms with E-state index < -0.39 is 0 Å². The minimum absolute atomic E-state index is 0.000385. The lowest BCUT2D eigenvalue weighted by Gasteiger charge is -2.38. The molecule has 37 heavy (non-hydrogen) atoms. The summed E-state index contributed by atoms with van der Waals surface area (Å²) in [5.74, 6) is 0.994. The Morgan fingerprint density at radius 2 is 1.59 bits per heavy atom. The van der Waals surface area contributed by atoms with Crippen molar-refractivity contribution in [3.63, 3.8) is 0 Å². The molecule has 2 aliphatic rings. The van der Waals surface area contributed by atoms with Crippen LogP contribution in [0, 0.1) is 5.92 Å². The fourth-order valence-corrected chi connectivity index (χ4v) is 5.45. The summed E-state index contributed by atoms with van der Waals surface area (Å²) in [6.07, 6.45) is 5.93. The SMILES string of the molecule is CCCCC(CC)C(=O)Nc1ccc(N2CCN(c3ccccc3OC)CC2)c(C(=O)N2CCCC2)c1. The highest BCUT2D eigenvalue weighted by atomic mass is 16.5. The molecule has 0 spiro atoms. The second-order valence-electron chi connectivity index (χ2n) is 10.1. The monoisotopic (exact) mass is 506 g/mol. The largest absolute Gasteiger partial charge is 0.495 e. The maximum absolute atomic E-state index is 13.6. The molecule has 0 radical (unpaired) electrons. The number of hydrogen-bond acceptors (Lipinski definition) is 5. The van der Waals surface area contributed by atoms with Crippen LogP contribution in [0.5, 0.6) is 5.75 Å². The summed E-state index contributed by atoms with van der Waals surface area (Å²) < 4.78 is 5.57. The van der Waals surface area contributed by atoms with Crippen LogP contribution >= 0.6 is 0 Å². The van der Waals surface area contributed by atoms with Crippen molar-refractivity contribution >= 4 is 28.9 Å². The van der Waals surface area contributed by atoms with Crippen molar-refractivity contribution in [1.82, 2.24) is 4.90 Å². The van der Waals surface area contributed by atoms with Crippen LogP contribution in [0.25, 0.3) is 0 Å². The first-order valence-electron chi connectivity index (χ1n) is 13.9. The van der Waals surface area contributed by atoms with Gasteiger partial charge in [-0.05, 0) is 56.0 Å². The molecule has 1 unspecified atom stereocenters. The Labute approximate surface area is 221 Å². The third-order valence-corrected chi connectivity index (χ3v) is 7.70. The number of nitrogens with one attached hydrogen (secondary N) is 1. The van der Waals surface area contributed by atoms with Gasteiger partial charge in [0.15, 0.2) is 0 Å². The molecule has 2 aromatic carbocycles. The van der Waals surface area contributed by atoms with Crippen molar-refractivity contribution in [3.8, 4) is 5.75 Å². The molecule has 0 aromatic heterocycles. The summed E-state index contributed by atoms with van der Waals surface area (Å²) in [7, 11) is 1.71. The van der Waals surface area contributed by atoms with Gasteiger partial charge in [0.05, 0.1) is 18.4 Å². The quantitative estimate of drug-likeness (QED) is 0.467. The second-order valence-corrected chi connectivity index (χ2v) is 10.1. The van der Waals surface area contributed by atoms with Gasteiger partial charge in [0.2, 0.25) is 5.91 Å². The second kappa shape index (κ2) is 12.8. The molecule has 2 aromatic rings. The zero-order valence-electron chi connectivity index (χ0n) is 22.7. The third-order valence-electron chi connectivity index (χ3n) is 7.70. The number of anilines is 3. The predicted octanol–water partition coefficient (Wildman–Crippen LogP) is 5.41. The van der Waals surface area contributed by atoms with Crippen molar-refractivity contribution in [2.75, 3.05) is 61.5 Å². The van der Waals surface area contributed by atoms with Crippen molar-refractivity contribution in [2.24, 2.45) is 5.92 Å². The molecule has 2 amide bonds. The molecule has 0 saturated carbocycles. The normalized spacial score (nSPS) is 16.6. The van der Waals surface area contributed by atoms with Crippen molar-refractivity contribution in [3.05, 3.63) is 48.0 Å². The van der Waals surface area contributed by atoms with E-state index in [-0.39, 0.29) is 17.7 Å². The molecule has 0 bridgehead atoms. The van der Waals surface area contributed by atoms with Gasteiger partial charge in [-0.25, -0.2) is 0 Å². The molecular weight excluding hydrogens is 464 g/mol. The fourth-order valence-electron chi connectivity index (χ4n) is 5.45. The average Bonchev–Trinajstić information content (AvgIpc) is 3.48. The highest BCUT2D eigenvalue weighted by Crippen LogP contribution is 2.32. The minimum atomic E-state index is 0.000385. The number of nitrogens with zero attached hydrogens (tertiary/aromatic N) is 3. The van der Waals surface area contributed by atoms with Gasteiger partial charge in [-0.3, -0.25) is 9.59 Å². The molecule has 2 saturated heterocycles. The Bertz CT molecular complexity index is 1060. The zero-order valence-corrected chi connectivity index (χ0v) is 22.7. The number of hydrogen-bond donors (Lipinski definition) is 1. The first-order chi connectivity index (χ1) is 18.0. The number of carbonyl (C=O) groups is 2. The van der Waals surface area contributed by atoms with Gasteiger partial charge in [0.25, 0.3) is 5.91 Å². The van der Waals surface area contributed by atoms with Crippen LogP contribution in [0.1, 0.15) is 62.7 Å². The smallest absolute Gasteiger partial charge is 0.256 e. The topological polar surface area (TPSA) is 65.1 Å². The summed E-state index contributed by atoms with van der Waals surface area (Å²) in [5.41, 5.74) is 3.45. The number of unbranched alkanes of at least 4 members (excludes halogenated alkanes) is 1. The molecule has 7 nitrogen and oxygen atoms in total. The molecule has 2 heterocycles. The van der Waals surface area contributed by atoms with Gasteiger partial charge >= 0.3 is 0 Å². The number of benzene rings is 2. The molecule has 2 fully saturated rings. The number of ether oxygens (including phenoxy) is 1. The average molecular weight is 507 g/mol. The van der Waals surface area contributed by atoms with Gasteiger partial charge in [-0.1, -0.05) is 38.8 Å². The highest BCUT2D eigenvalue weighted by Gasteiger charge is 2.27. The number of likely N-dealkylation sites (tertiary alicyclic amines) is 1. The number of methoxy groups -OCH3 is 1. The minimum Gasteiger partial charge on any atom is -0.495 e. The van der Waals surface area contributed by atoms with Crippen molar-refractivity contribution in [2.45, 2.75) is 52.4 Å². The van der Waals surface area contributed by atoms with Crippen molar-refractivity contribution < 1.29 is 14.3 Å². The Balaban J connectivity index is 1.53. The summed E-state index contributed by atoms with van der Waals surface area (Å²) >= 11 is 0. The van der Waals surface area contributed by atoms with Crippen LogP contribution in [0.3, 0.4) is 0 Å². The predicted molar refractivity (Wildman–Crippen MR) is 151 cm³/mol. The van der Waals surface area contributed by atoms with E-state index in [0.717, 1.165) is 94.9 Å². The lowest BCUT2D eigenvalue weighted by molar-refractivity contribution is -0.120. The molecule has 1 N–H and O–H groups in total. The number of amides is 2. The lowest BCUT2D eigenvalue weighted by atomic mass is 9.98. The van der Waals surface area contributed by atoms with E-state index in [1.54, 1.807) is 7.11 Å². The first-order valence-corrected chi connectivity index (χ1v) is 13.9. The van der Waals surface area contributed by atoms with Crippen LogP contribution in [0.4, 0.5) is 17.1 Å². The first kappa shape index (κ1) is 26.8. The maximum Gasteiger partial charge on any atom is 0.256 e. The van der Waals surface area contributed by atoms with E-state index >= 15 is 0 Å². The fraction of sp³-hybridized carbons (Fsp3) is 0.533. The lowest BCUT2D eigenvalue weighted by Crippen LogP contribution is -2.47. The van der Waals surface area contributed by atoms with Crippen LogP contribution in [0.2, 0.25) is 0 Å². The third kappa shape index (κ3) is 6.38. The summed E-state index contributed by atoms with van der Waals surface area (Å²) in [5, 5.41) is 3.11. The van der Waals surface area contributed by atoms with E-state index in [1.807, 2.05) is 41.3 Å². The Kier molecular flexibility index (Phi) is 9.31. The van der Waals surface area contributed by atoms with Crippen LogP contribution in [-0.4, -0.2) is 63.1 Å². The Morgan fingerprint density at radius 3 is 2.24 bits per heavy atom. The molecule has 200 valence electrons. The van der Waals surface area contributed by atoms with Crippen LogP contribution in [0.15, 0.2) is 42.5 Å². The maximum atomic E-state index is 13.6. The van der Waals surface area contributed by atoms with Crippen molar-refractivity contribution in [1.29, 1.82) is 0 Å². The number of carbonyl (C=O) groups excluding carboxylic acids is 2. The Hall–Kier alpha value is -3.22. The summed E-state index contributed by atoms with van der Waals surface area (Å²) in [6.45, 7) is 9.10. The molecule has 4 rings (SSSR count).